The molecule has 2 fully saturated rings. The second-order valence-corrected chi connectivity index (χ2v) is 18.4. The molecule has 374 valence electrons. The number of anilines is 2. The highest BCUT2D eigenvalue weighted by molar-refractivity contribution is 5.76. The Balaban J connectivity index is 0.000000180. The molecule has 0 spiro atoms. The zero-order chi connectivity index (χ0) is 50.8. The zero-order valence-electron chi connectivity index (χ0n) is 41.3. The molecule has 2 aliphatic rings. The number of nitrogens with zero attached hydrogens (tertiary/aromatic N) is 10. The molecule has 0 saturated carbocycles. The number of hydrogen-bond donors (Lipinski definition) is 4. The maximum absolute atomic E-state index is 13.5. The van der Waals surface area contributed by atoms with E-state index in [0.717, 1.165) is 93.9 Å². The van der Waals surface area contributed by atoms with Crippen LogP contribution in [0, 0.1) is 22.7 Å². The highest BCUT2D eigenvalue weighted by atomic mass is 16.2. The van der Waals surface area contributed by atoms with E-state index in [1.165, 1.54) is 4.57 Å². The van der Waals surface area contributed by atoms with Gasteiger partial charge in [-0.1, -0.05) is 124 Å². The van der Waals surface area contributed by atoms with E-state index in [9.17, 15) is 29.7 Å². The van der Waals surface area contributed by atoms with Gasteiger partial charge in [0.1, 0.15) is 0 Å². The maximum atomic E-state index is 13.5. The highest BCUT2D eigenvalue weighted by Crippen LogP contribution is 2.36. The van der Waals surface area contributed by atoms with Gasteiger partial charge in [0.2, 0.25) is 11.9 Å². The summed E-state index contributed by atoms with van der Waals surface area (Å²) in [6, 6.07) is 38.4. The van der Waals surface area contributed by atoms with Crippen LogP contribution in [0.1, 0.15) is 91.4 Å². The molecule has 0 radical (unpaired) electrons. The first-order valence-electron chi connectivity index (χ1n) is 25.2. The van der Waals surface area contributed by atoms with E-state index in [-0.39, 0.29) is 25.2 Å². The van der Waals surface area contributed by atoms with Crippen molar-refractivity contribution in [1.82, 2.24) is 48.8 Å². The Bertz CT molecular complexity index is 3530. The number of H-pyrrole nitrogens is 2. The number of fused-ring (bicyclic) bond motifs is 2. The molecule has 4 aromatic heterocycles. The highest BCUT2D eigenvalue weighted by Gasteiger charge is 2.31. The Morgan fingerprint density at radius 2 is 0.932 bits per heavy atom. The molecular weight excluding hydrogens is 921 g/mol. The number of rotatable bonds is 14. The predicted molar refractivity (Wildman–Crippen MR) is 284 cm³/mol. The van der Waals surface area contributed by atoms with Gasteiger partial charge in [-0.05, 0) is 60.2 Å². The third-order valence-electron chi connectivity index (χ3n) is 13.6. The first kappa shape index (κ1) is 49.7. The molecule has 10 rings (SSSR count). The maximum Gasteiger partial charge on any atom is 0.330 e. The van der Waals surface area contributed by atoms with E-state index in [1.807, 2.05) is 112 Å². The first-order valence-corrected chi connectivity index (χ1v) is 25.2. The Morgan fingerprint density at radius 1 is 0.534 bits per heavy atom. The van der Waals surface area contributed by atoms with Crippen LogP contribution in [0.3, 0.4) is 0 Å². The summed E-state index contributed by atoms with van der Waals surface area (Å²) in [6.07, 6.45) is 4.03. The summed E-state index contributed by atoms with van der Waals surface area (Å²) in [4.78, 5) is 72.3. The SMILES string of the molecule is CCCC(c1ccccc1C#N)n1c(N2CCCNCC2)nc2c1c(=O)[nH]c(=O)n2Cc1ccccc1.CCCC(c1ccccc1C#N)n1c(N2CCNCC2)nc2c1c(=O)[nH]c(=O)n2Cc1ccccc1. The number of nitriles is 2. The summed E-state index contributed by atoms with van der Waals surface area (Å²) < 4.78 is 7.01. The van der Waals surface area contributed by atoms with Gasteiger partial charge in [0.15, 0.2) is 22.3 Å². The molecule has 6 heterocycles. The minimum Gasteiger partial charge on any atom is -0.341 e. The molecule has 0 aliphatic carbocycles. The number of benzene rings is 4. The Kier molecular flexibility index (Phi) is 15.5. The Hall–Kier alpha value is -8.32. The molecule has 4 aromatic carbocycles. The minimum absolute atomic E-state index is 0.287. The van der Waals surface area contributed by atoms with Gasteiger partial charge in [-0.3, -0.25) is 37.8 Å². The van der Waals surface area contributed by atoms with Crippen molar-refractivity contribution in [2.24, 2.45) is 0 Å². The van der Waals surface area contributed by atoms with Crippen molar-refractivity contribution in [2.45, 2.75) is 71.1 Å². The van der Waals surface area contributed by atoms with Crippen molar-refractivity contribution >= 4 is 34.2 Å². The lowest BCUT2D eigenvalue weighted by Crippen LogP contribution is -2.45. The van der Waals surface area contributed by atoms with Crippen LogP contribution in [0.5, 0.6) is 0 Å². The second kappa shape index (κ2) is 22.8. The number of aromatic amines is 2. The molecule has 18 heteroatoms. The molecule has 0 amide bonds. The predicted octanol–water partition coefficient (Wildman–Crippen LogP) is 5.60. The standard InChI is InChI=1S/C28H31N7O2.C27H29N7O2/c1-2-9-23(22-13-7-6-12-21(22)18-29)35-24-25(31-27(35)33-16-8-14-30-15-17-33)34(28(37)32-26(24)36)19-20-10-4-3-5-11-20;1-2-8-22(21-12-7-6-11-20(21)17-28)34-23-24(30-26(34)32-15-13-29-14-16-32)33(27(36)31-25(23)35)18-19-9-4-3-5-10-19/h3-7,10-13,23,30H,2,8-9,14-17,19H2,1H3,(H,32,36,37);3-7,9-12,22,29H,2,8,13-16,18H2,1H3,(H,31,35,36). The van der Waals surface area contributed by atoms with Crippen LogP contribution < -0.4 is 42.9 Å². The molecule has 4 N–H and O–H groups in total. The van der Waals surface area contributed by atoms with Crippen LogP contribution in [0.2, 0.25) is 0 Å². The summed E-state index contributed by atoms with van der Waals surface area (Å²) in [5.41, 5.74) is 4.22. The van der Waals surface area contributed by atoms with Crippen LogP contribution in [-0.4, -0.2) is 90.6 Å². The molecule has 2 aliphatic heterocycles. The van der Waals surface area contributed by atoms with E-state index in [4.69, 9.17) is 9.97 Å². The third kappa shape index (κ3) is 10.4. The molecule has 2 saturated heterocycles. The van der Waals surface area contributed by atoms with Gasteiger partial charge in [-0.25, -0.2) is 9.59 Å². The quantitative estimate of drug-likeness (QED) is 0.105. The largest absolute Gasteiger partial charge is 0.341 e. The molecule has 18 nitrogen and oxygen atoms in total. The topological polar surface area (TPSA) is 223 Å². The van der Waals surface area contributed by atoms with E-state index < -0.39 is 22.5 Å². The Morgan fingerprint density at radius 3 is 1.36 bits per heavy atom. The van der Waals surface area contributed by atoms with E-state index in [1.54, 1.807) is 10.6 Å². The van der Waals surface area contributed by atoms with Crippen LogP contribution in [0.15, 0.2) is 128 Å². The molecule has 0 bridgehead atoms. The van der Waals surface area contributed by atoms with Crippen molar-refractivity contribution in [2.75, 3.05) is 62.2 Å². The fraction of sp³-hybridized carbons (Fsp3) is 0.345. The second-order valence-electron chi connectivity index (χ2n) is 18.4. The summed E-state index contributed by atoms with van der Waals surface area (Å²) in [5.74, 6) is 1.30. The number of imidazole rings is 2. The lowest BCUT2D eigenvalue weighted by molar-refractivity contribution is 0.518. The molecule has 2 atom stereocenters. The number of hydrogen-bond acceptors (Lipinski definition) is 12. The van der Waals surface area contributed by atoms with Crippen molar-refractivity contribution in [3.05, 3.63) is 184 Å². The van der Waals surface area contributed by atoms with Gasteiger partial charge in [0.25, 0.3) is 11.1 Å². The van der Waals surface area contributed by atoms with Crippen LogP contribution in [0.4, 0.5) is 11.9 Å². The smallest absolute Gasteiger partial charge is 0.330 e. The average molecular weight is 981 g/mol. The summed E-state index contributed by atoms with van der Waals surface area (Å²) in [7, 11) is 0. The summed E-state index contributed by atoms with van der Waals surface area (Å²) in [5, 5.41) is 26.5. The summed E-state index contributed by atoms with van der Waals surface area (Å²) >= 11 is 0. The van der Waals surface area contributed by atoms with Crippen LogP contribution >= 0.6 is 0 Å². The number of piperazine rings is 1. The fourth-order valence-electron chi connectivity index (χ4n) is 10.2. The number of nitrogens with one attached hydrogen (secondary N) is 4. The van der Waals surface area contributed by atoms with Gasteiger partial charge in [-0.15, -0.1) is 0 Å². The van der Waals surface area contributed by atoms with E-state index >= 15 is 0 Å². The van der Waals surface area contributed by atoms with Gasteiger partial charge >= 0.3 is 11.4 Å². The van der Waals surface area contributed by atoms with Gasteiger partial charge in [-0.2, -0.15) is 20.5 Å². The molecule has 8 aromatic rings. The van der Waals surface area contributed by atoms with Gasteiger partial charge < -0.3 is 20.4 Å². The normalized spacial score (nSPS) is 14.7. The molecule has 73 heavy (non-hydrogen) atoms. The minimum atomic E-state index is -0.489. The van der Waals surface area contributed by atoms with Crippen LogP contribution in [0.25, 0.3) is 22.3 Å². The molecule has 2 unspecified atom stereocenters. The van der Waals surface area contributed by atoms with Crippen molar-refractivity contribution in [1.29, 1.82) is 10.5 Å². The number of aromatic nitrogens is 8. The Labute approximate surface area is 421 Å². The van der Waals surface area contributed by atoms with Crippen molar-refractivity contribution < 1.29 is 0 Å². The lowest BCUT2D eigenvalue weighted by Gasteiger charge is -2.31. The molecular formula is C55H60N14O4. The lowest BCUT2D eigenvalue weighted by atomic mass is 9.97. The fourth-order valence-corrected chi connectivity index (χ4v) is 10.2. The first-order chi connectivity index (χ1) is 35.7. The van der Waals surface area contributed by atoms with Crippen LogP contribution in [-0.2, 0) is 13.1 Å². The third-order valence-corrected chi connectivity index (χ3v) is 13.6. The monoisotopic (exact) mass is 980 g/mol. The van der Waals surface area contributed by atoms with Crippen molar-refractivity contribution in [3.63, 3.8) is 0 Å². The van der Waals surface area contributed by atoms with Gasteiger partial charge in [0, 0.05) is 45.8 Å². The summed E-state index contributed by atoms with van der Waals surface area (Å²) in [6.45, 7) is 11.0. The van der Waals surface area contributed by atoms with E-state index in [0.29, 0.717) is 58.2 Å². The van der Waals surface area contributed by atoms with Gasteiger partial charge in [0.05, 0.1) is 48.4 Å². The van der Waals surface area contributed by atoms with Crippen molar-refractivity contribution in [3.8, 4) is 12.1 Å². The zero-order valence-corrected chi connectivity index (χ0v) is 41.3. The van der Waals surface area contributed by atoms with E-state index in [2.05, 4.69) is 56.4 Å². The average Bonchev–Trinajstić information content (AvgIpc) is 3.90.